The number of halogens is 3. The van der Waals surface area contributed by atoms with Gasteiger partial charge in [-0.1, -0.05) is 51.3 Å². The maximum Gasteiger partial charge on any atom is 0.162 e. The topological polar surface area (TPSA) is 30.5 Å². The Morgan fingerprint density at radius 1 is 0.900 bits per heavy atom. The molecule has 1 N–H and O–H groups in total. The van der Waals surface area contributed by atoms with E-state index in [1.54, 1.807) is 12.1 Å². The summed E-state index contributed by atoms with van der Waals surface area (Å²) in [6.45, 7) is 7.61. The van der Waals surface area contributed by atoms with Gasteiger partial charge in [-0.3, -0.25) is 0 Å². The van der Waals surface area contributed by atoms with E-state index in [1.165, 1.54) is 11.1 Å². The van der Waals surface area contributed by atoms with Gasteiger partial charge in [-0.15, -0.1) is 0 Å². The van der Waals surface area contributed by atoms with E-state index >= 15 is 0 Å². The largest absolute Gasteiger partial charge is 0.490 e. The number of rotatable bonds is 8. The molecule has 0 saturated heterocycles. The molecule has 3 aromatic carbocycles. The molecule has 0 bridgehead atoms. The minimum absolute atomic E-state index is 0.255. The van der Waals surface area contributed by atoms with Crippen LogP contribution in [0.15, 0.2) is 53.0 Å². The zero-order chi connectivity index (χ0) is 21.7. The summed E-state index contributed by atoms with van der Waals surface area (Å²) in [7, 11) is 0. The summed E-state index contributed by atoms with van der Waals surface area (Å²) in [5.41, 5.74) is 5.44. The number of hydrogen-bond acceptors (Lipinski definition) is 3. The van der Waals surface area contributed by atoms with E-state index in [2.05, 4.69) is 53.3 Å². The second kappa shape index (κ2) is 10.4. The number of benzene rings is 3. The number of ether oxygens (including phenoxy) is 2. The van der Waals surface area contributed by atoms with Crippen LogP contribution < -0.4 is 14.8 Å². The van der Waals surface area contributed by atoms with Crippen molar-refractivity contribution in [3.8, 4) is 11.5 Å². The van der Waals surface area contributed by atoms with E-state index in [0.29, 0.717) is 34.7 Å². The standard InChI is InChI=1S/C24H24BrCl2NO2/c1-4-29-23-11-17(13-28-18-9-8-15(2)16(3)10-18)20(25)12-24(23)30-14-19-21(26)6-5-7-22(19)27/h5-12,28H,4,13-14H2,1-3H3. The molecule has 0 aliphatic carbocycles. The first-order chi connectivity index (χ1) is 14.4. The predicted octanol–water partition coefficient (Wildman–Crippen LogP) is 7.96. The fourth-order valence-electron chi connectivity index (χ4n) is 2.96. The zero-order valence-electron chi connectivity index (χ0n) is 17.2. The van der Waals surface area contributed by atoms with Crippen LogP contribution in [0.5, 0.6) is 11.5 Å². The number of hydrogen-bond donors (Lipinski definition) is 1. The Morgan fingerprint density at radius 2 is 1.60 bits per heavy atom. The second-order valence-electron chi connectivity index (χ2n) is 6.96. The van der Waals surface area contributed by atoms with Crippen molar-refractivity contribution in [1.82, 2.24) is 0 Å². The van der Waals surface area contributed by atoms with Crippen LogP contribution in [-0.4, -0.2) is 6.61 Å². The van der Waals surface area contributed by atoms with Crippen molar-refractivity contribution in [1.29, 1.82) is 0 Å². The Labute approximate surface area is 196 Å². The minimum Gasteiger partial charge on any atom is -0.490 e. The molecule has 0 spiro atoms. The molecule has 0 saturated carbocycles. The molecule has 0 aromatic heterocycles. The van der Waals surface area contributed by atoms with Gasteiger partial charge in [-0.05, 0) is 73.9 Å². The van der Waals surface area contributed by atoms with Gasteiger partial charge in [0, 0.05) is 32.3 Å². The number of aryl methyl sites for hydroxylation is 2. The van der Waals surface area contributed by atoms with Crippen LogP contribution in [-0.2, 0) is 13.2 Å². The molecule has 0 amide bonds. The molecule has 0 aliphatic heterocycles. The molecule has 0 unspecified atom stereocenters. The van der Waals surface area contributed by atoms with Gasteiger partial charge in [0.15, 0.2) is 11.5 Å². The molecule has 158 valence electrons. The molecule has 3 rings (SSSR count). The van der Waals surface area contributed by atoms with E-state index in [9.17, 15) is 0 Å². The second-order valence-corrected chi connectivity index (χ2v) is 8.63. The van der Waals surface area contributed by atoms with Gasteiger partial charge in [0.1, 0.15) is 6.61 Å². The Kier molecular flexibility index (Phi) is 7.93. The summed E-state index contributed by atoms with van der Waals surface area (Å²) in [5, 5.41) is 4.63. The highest BCUT2D eigenvalue weighted by Gasteiger charge is 2.13. The van der Waals surface area contributed by atoms with Crippen molar-refractivity contribution < 1.29 is 9.47 Å². The van der Waals surface area contributed by atoms with E-state index in [0.717, 1.165) is 21.3 Å². The smallest absolute Gasteiger partial charge is 0.162 e. The lowest BCUT2D eigenvalue weighted by molar-refractivity contribution is 0.269. The molecule has 3 aromatic rings. The monoisotopic (exact) mass is 507 g/mol. The van der Waals surface area contributed by atoms with Gasteiger partial charge < -0.3 is 14.8 Å². The summed E-state index contributed by atoms with van der Waals surface area (Å²) in [6.07, 6.45) is 0. The van der Waals surface area contributed by atoms with Crippen LogP contribution in [0.25, 0.3) is 0 Å². The highest BCUT2D eigenvalue weighted by Crippen LogP contribution is 2.36. The van der Waals surface area contributed by atoms with Gasteiger partial charge in [0.05, 0.1) is 6.61 Å². The summed E-state index contributed by atoms with van der Waals surface area (Å²) in [5.74, 6) is 1.32. The van der Waals surface area contributed by atoms with Gasteiger partial charge in [-0.25, -0.2) is 0 Å². The quantitative estimate of drug-likeness (QED) is 0.334. The molecule has 0 radical (unpaired) electrons. The molecule has 0 aliphatic rings. The van der Waals surface area contributed by atoms with E-state index in [1.807, 2.05) is 25.1 Å². The number of anilines is 1. The molecule has 0 atom stereocenters. The normalized spacial score (nSPS) is 10.7. The van der Waals surface area contributed by atoms with E-state index in [-0.39, 0.29) is 6.61 Å². The SMILES string of the molecule is CCOc1cc(CNc2ccc(C)c(C)c2)c(Br)cc1OCc1c(Cl)cccc1Cl. The van der Waals surface area contributed by atoms with Crippen molar-refractivity contribution >= 4 is 44.8 Å². The van der Waals surface area contributed by atoms with Crippen LogP contribution in [0.4, 0.5) is 5.69 Å². The lowest BCUT2D eigenvalue weighted by atomic mass is 10.1. The lowest BCUT2D eigenvalue weighted by Crippen LogP contribution is -2.05. The van der Waals surface area contributed by atoms with Crippen molar-refractivity contribution in [2.24, 2.45) is 0 Å². The number of nitrogens with one attached hydrogen (secondary N) is 1. The Hall–Kier alpha value is -1.88. The maximum atomic E-state index is 6.26. The first-order valence-electron chi connectivity index (χ1n) is 9.71. The van der Waals surface area contributed by atoms with Crippen molar-refractivity contribution in [2.45, 2.75) is 33.9 Å². The van der Waals surface area contributed by atoms with Crippen LogP contribution in [0, 0.1) is 13.8 Å². The maximum absolute atomic E-state index is 6.26. The van der Waals surface area contributed by atoms with Gasteiger partial charge >= 0.3 is 0 Å². The average Bonchev–Trinajstić information content (AvgIpc) is 2.71. The Morgan fingerprint density at radius 3 is 2.27 bits per heavy atom. The van der Waals surface area contributed by atoms with Crippen LogP contribution in [0.1, 0.15) is 29.2 Å². The van der Waals surface area contributed by atoms with E-state index < -0.39 is 0 Å². The van der Waals surface area contributed by atoms with E-state index in [4.69, 9.17) is 32.7 Å². The highest BCUT2D eigenvalue weighted by atomic mass is 79.9. The fourth-order valence-corrected chi connectivity index (χ4v) is 3.93. The van der Waals surface area contributed by atoms with Crippen molar-refractivity contribution in [3.63, 3.8) is 0 Å². The summed E-state index contributed by atoms with van der Waals surface area (Å²) in [6, 6.07) is 15.7. The summed E-state index contributed by atoms with van der Waals surface area (Å²) < 4.78 is 12.8. The molecule has 0 fully saturated rings. The highest BCUT2D eigenvalue weighted by molar-refractivity contribution is 9.10. The first-order valence-corrected chi connectivity index (χ1v) is 11.3. The zero-order valence-corrected chi connectivity index (χ0v) is 20.3. The molecule has 3 nitrogen and oxygen atoms in total. The lowest BCUT2D eigenvalue weighted by Gasteiger charge is -2.17. The predicted molar refractivity (Wildman–Crippen MR) is 129 cm³/mol. The summed E-state index contributed by atoms with van der Waals surface area (Å²) >= 11 is 16.2. The molecule has 0 heterocycles. The van der Waals surface area contributed by atoms with Gasteiger partial charge in [0.2, 0.25) is 0 Å². The van der Waals surface area contributed by atoms with Crippen LogP contribution in [0.2, 0.25) is 10.0 Å². The van der Waals surface area contributed by atoms with Crippen molar-refractivity contribution in [3.05, 3.63) is 85.3 Å². The van der Waals surface area contributed by atoms with Crippen molar-refractivity contribution in [2.75, 3.05) is 11.9 Å². The third kappa shape index (κ3) is 5.63. The first kappa shape index (κ1) is 22.8. The summed E-state index contributed by atoms with van der Waals surface area (Å²) in [4.78, 5) is 0. The molecular weight excluding hydrogens is 485 g/mol. The fraction of sp³-hybridized carbons (Fsp3) is 0.250. The Bertz CT molecular complexity index is 1020. The molecular formula is C24H24BrCl2NO2. The Balaban J connectivity index is 1.78. The van der Waals surface area contributed by atoms with Gasteiger partial charge in [-0.2, -0.15) is 0 Å². The average molecular weight is 509 g/mol. The third-order valence-corrected chi connectivity index (χ3v) is 6.28. The minimum atomic E-state index is 0.255. The molecule has 6 heteroatoms. The third-order valence-electron chi connectivity index (χ3n) is 4.84. The van der Waals surface area contributed by atoms with Crippen LogP contribution in [0.3, 0.4) is 0 Å². The van der Waals surface area contributed by atoms with Gasteiger partial charge in [0.25, 0.3) is 0 Å². The van der Waals surface area contributed by atoms with Crippen LogP contribution >= 0.6 is 39.1 Å². The molecule has 30 heavy (non-hydrogen) atoms.